The van der Waals surface area contributed by atoms with Gasteiger partial charge in [-0.1, -0.05) is 6.07 Å². The summed E-state index contributed by atoms with van der Waals surface area (Å²) in [6.07, 6.45) is -4.80. The number of hydrogen-bond donors (Lipinski definition) is 4. The Morgan fingerprint density at radius 3 is 2.42 bits per heavy atom. The van der Waals surface area contributed by atoms with Crippen molar-refractivity contribution in [1.29, 1.82) is 0 Å². The molecule has 2 aliphatic carbocycles. The van der Waals surface area contributed by atoms with Crippen LogP contribution >= 0.6 is 0 Å². The monoisotopic (exact) mass is 372 g/mol. The molecule has 0 saturated heterocycles. The van der Waals surface area contributed by atoms with Crippen LogP contribution in [0.25, 0.3) is 0 Å². The van der Waals surface area contributed by atoms with E-state index >= 15 is 0 Å². The van der Waals surface area contributed by atoms with Crippen molar-refractivity contribution in [3.8, 4) is 0 Å². The highest BCUT2D eigenvalue weighted by Gasteiger charge is 2.74. The first kappa shape index (κ1) is 18.2. The summed E-state index contributed by atoms with van der Waals surface area (Å²) in [6.45, 7) is 0. The van der Waals surface area contributed by atoms with E-state index in [2.05, 4.69) is 5.32 Å². The highest BCUT2D eigenvalue weighted by molar-refractivity contribution is 5.95. The number of carboxylic acids is 2. The maximum atomic E-state index is 12.8. The first-order valence-electron chi connectivity index (χ1n) is 7.70. The van der Waals surface area contributed by atoms with E-state index in [0.29, 0.717) is 6.07 Å². The number of carboxylic acid groups (broad SMARTS) is 2. The largest absolute Gasteiger partial charge is 0.481 e. The Balaban J connectivity index is 1.80. The number of nitrogens with two attached hydrogens (primary N) is 1. The number of hydrogen-bond acceptors (Lipinski definition) is 4. The van der Waals surface area contributed by atoms with Gasteiger partial charge in [-0.05, 0) is 30.5 Å². The second kappa shape index (κ2) is 5.70. The van der Waals surface area contributed by atoms with E-state index in [-0.39, 0.29) is 12.0 Å². The average molecular weight is 372 g/mol. The normalized spacial score (nSPS) is 32.6. The summed E-state index contributed by atoms with van der Waals surface area (Å²) >= 11 is 0. The number of fused-ring (bicyclic) bond motifs is 1. The summed E-state index contributed by atoms with van der Waals surface area (Å²) in [5, 5.41) is 20.9. The minimum Gasteiger partial charge on any atom is -0.481 e. The van der Waals surface area contributed by atoms with Crippen LogP contribution in [-0.4, -0.2) is 39.6 Å². The van der Waals surface area contributed by atoms with E-state index in [1.807, 2.05) is 0 Å². The summed E-state index contributed by atoms with van der Waals surface area (Å²) in [4.78, 5) is 35.0. The molecule has 140 valence electrons. The van der Waals surface area contributed by atoms with Gasteiger partial charge in [0, 0.05) is 17.5 Å². The smallest absolute Gasteiger partial charge is 0.416 e. The Labute approximate surface area is 145 Å². The molecule has 1 amide bonds. The van der Waals surface area contributed by atoms with Crippen molar-refractivity contribution in [2.24, 2.45) is 23.5 Å². The lowest BCUT2D eigenvalue weighted by molar-refractivity contribution is -0.145. The molecule has 2 fully saturated rings. The molecule has 1 aromatic carbocycles. The lowest BCUT2D eigenvalue weighted by Gasteiger charge is -2.25. The minimum absolute atomic E-state index is 0.188. The second-order valence-corrected chi connectivity index (χ2v) is 6.68. The van der Waals surface area contributed by atoms with Crippen LogP contribution < -0.4 is 11.1 Å². The first-order chi connectivity index (χ1) is 12.0. The van der Waals surface area contributed by atoms with Gasteiger partial charge >= 0.3 is 18.1 Å². The quantitative estimate of drug-likeness (QED) is 0.622. The molecule has 1 aromatic rings. The number of alkyl halides is 3. The van der Waals surface area contributed by atoms with Crippen LogP contribution in [0.4, 0.5) is 13.2 Å². The minimum atomic E-state index is -4.62. The van der Waals surface area contributed by atoms with Crippen molar-refractivity contribution in [2.75, 3.05) is 0 Å². The molecular formula is C16H15F3N2O5. The van der Waals surface area contributed by atoms with Crippen LogP contribution in [0.5, 0.6) is 0 Å². The van der Waals surface area contributed by atoms with Gasteiger partial charge < -0.3 is 21.3 Å². The van der Waals surface area contributed by atoms with E-state index in [0.717, 1.165) is 12.1 Å². The highest BCUT2D eigenvalue weighted by Crippen LogP contribution is 2.61. The molecule has 5 atom stereocenters. The maximum absolute atomic E-state index is 12.8. The molecule has 7 nitrogen and oxygen atoms in total. The van der Waals surface area contributed by atoms with Gasteiger partial charge in [0.25, 0.3) is 5.91 Å². The van der Waals surface area contributed by atoms with Crippen LogP contribution in [-0.2, 0) is 15.8 Å². The van der Waals surface area contributed by atoms with Gasteiger partial charge in [0.1, 0.15) is 5.54 Å². The lowest BCUT2D eigenvalue weighted by atomic mass is 9.90. The van der Waals surface area contributed by atoms with Crippen LogP contribution in [0, 0.1) is 17.8 Å². The number of benzene rings is 1. The van der Waals surface area contributed by atoms with Gasteiger partial charge in [-0.15, -0.1) is 0 Å². The zero-order valence-corrected chi connectivity index (χ0v) is 13.2. The van der Waals surface area contributed by atoms with Crippen molar-refractivity contribution in [3.05, 3.63) is 35.4 Å². The second-order valence-electron chi connectivity index (χ2n) is 6.68. The van der Waals surface area contributed by atoms with Crippen molar-refractivity contribution in [1.82, 2.24) is 5.32 Å². The lowest BCUT2D eigenvalue weighted by Crippen LogP contribution is -2.52. The van der Waals surface area contributed by atoms with Crippen molar-refractivity contribution < 1.29 is 37.8 Å². The third kappa shape index (κ3) is 2.79. The Kier molecular flexibility index (Phi) is 3.98. The molecule has 0 spiro atoms. The fraction of sp³-hybridized carbons (Fsp3) is 0.438. The third-order valence-corrected chi connectivity index (χ3v) is 5.14. The molecule has 2 aliphatic rings. The molecule has 0 aromatic heterocycles. The molecule has 10 heteroatoms. The highest BCUT2D eigenvalue weighted by atomic mass is 19.4. The summed E-state index contributed by atoms with van der Waals surface area (Å²) in [6, 6.07) is 2.92. The summed E-state index contributed by atoms with van der Waals surface area (Å²) in [7, 11) is 0. The van der Waals surface area contributed by atoms with Crippen LogP contribution in [0.2, 0.25) is 0 Å². The Morgan fingerprint density at radius 1 is 1.23 bits per heavy atom. The van der Waals surface area contributed by atoms with Gasteiger partial charge in [0.2, 0.25) is 0 Å². The predicted octanol–water partition coefficient (Wildman–Crippen LogP) is 0.936. The molecule has 0 radical (unpaired) electrons. The Hall–Kier alpha value is -2.62. The molecule has 26 heavy (non-hydrogen) atoms. The Morgan fingerprint density at radius 2 is 1.88 bits per heavy atom. The summed E-state index contributed by atoms with van der Waals surface area (Å²) in [5.41, 5.74) is 2.79. The standard InChI is InChI=1S/C16H15F3N2O5/c17-16(18,19)7-3-1-2-6(4-7)12(22)21-8-5-15(20,14(25)26)11-9(8)10(11)13(23)24/h1-4,8-11H,5,20H2,(H,21,22)(H,23,24)(H,25,26)/t8-,9-,10-,11+,15-/m1/s1. The van der Waals surface area contributed by atoms with Crippen LogP contribution in [0.3, 0.4) is 0 Å². The predicted molar refractivity (Wildman–Crippen MR) is 80.0 cm³/mol. The SMILES string of the molecule is N[C@]1(C(=O)O)C[C@@H](NC(=O)c2cccc(C(F)(F)F)c2)[C@@H]2[C@@H](C(=O)O)[C@H]21. The number of halogens is 3. The van der Waals surface area contributed by atoms with Crippen molar-refractivity contribution >= 4 is 17.8 Å². The topological polar surface area (TPSA) is 130 Å². The van der Waals surface area contributed by atoms with Gasteiger partial charge in [-0.2, -0.15) is 13.2 Å². The van der Waals surface area contributed by atoms with Crippen molar-refractivity contribution in [2.45, 2.75) is 24.2 Å². The number of carbonyl (C=O) groups is 3. The average Bonchev–Trinajstić information content (AvgIpc) is 3.23. The summed E-state index contributed by atoms with van der Waals surface area (Å²) < 4.78 is 38.3. The van der Waals surface area contributed by atoms with Gasteiger partial charge in [-0.25, -0.2) is 0 Å². The number of aliphatic carboxylic acids is 2. The summed E-state index contributed by atoms with van der Waals surface area (Å²) in [5.74, 6) is -5.92. The first-order valence-corrected chi connectivity index (χ1v) is 7.70. The van der Waals surface area contributed by atoms with E-state index in [1.54, 1.807) is 0 Å². The third-order valence-electron chi connectivity index (χ3n) is 5.14. The molecule has 0 unspecified atom stereocenters. The number of carbonyl (C=O) groups excluding carboxylic acids is 1. The number of rotatable bonds is 4. The molecule has 5 N–H and O–H groups in total. The zero-order chi connectivity index (χ0) is 19.4. The zero-order valence-electron chi connectivity index (χ0n) is 13.2. The molecule has 0 aliphatic heterocycles. The molecule has 3 rings (SSSR count). The molecule has 0 bridgehead atoms. The van der Waals surface area contributed by atoms with Crippen LogP contribution in [0.1, 0.15) is 22.3 Å². The van der Waals surface area contributed by atoms with E-state index in [1.165, 1.54) is 6.07 Å². The van der Waals surface area contributed by atoms with Gasteiger partial charge in [-0.3, -0.25) is 14.4 Å². The molecule has 2 saturated carbocycles. The van der Waals surface area contributed by atoms with E-state index in [4.69, 9.17) is 5.73 Å². The Bertz CT molecular complexity index is 796. The van der Waals surface area contributed by atoms with Crippen LogP contribution in [0.15, 0.2) is 24.3 Å². The fourth-order valence-corrected chi connectivity index (χ4v) is 3.92. The van der Waals surface area contributed by atoms with Crippen molar-refractivity contribution in [3.63, 3.8) is 0 Å². The number of amides is 1. The molecule has 0 heterocycles. The van der Waals surface area contributed by atoms with E-state index in [9.17, 15) is 37.8 Å². The van der Waals surface area contributed by atoms with Gasteiger partial charge in [0.15, 0.2) is 0 Å². The maximum Gasteiger partial charge on any atom is 0.416 e. The fourth-order valence-electron chi connectivity index (χ4n) is 3.92. The molecular weight excluding hydrogens is 357 g/mol. The number of nitrogens with one attached hydrogen (secondary N) is 1. The van der Waals surface area contributed by atoms with Gasteiger partial charge in [0.05, 0.1) is 11.5 Å². The van der Waals surface area contributed by atoms with E-state index < -0.39 is 58.9 Å².